The highest BCUT2D eigenvalue weighted by molar-refractivity contribution is 6.04. The number of halogens is 2. The Bertz CT molecular complexity index is 1200. The second kappa shape index (κ2) is 9.30. The molecule has 0 aliphatic heterocycles. The van der Waals surface area contributed by atoms with E-state index in [0.29, 0.717) is 17.1 Å². The fourth-order valence-corrected chi connectivity index (χ4v) is 2.95. The van der Waals surface area contributed by atoms with Gasteiger partial charge in [0.05, 0.1) is 19.0 Å². The Balaban J connectivity index is 1.60. The molecule has 0 aliphatic carbocycles. The minimum atomic E-state index is -0.481. The summed E-state index contributed by atoms with van der Waals surface area (Å²) in [6.07, 6.45) is 1.54. The SMILES string of the molecule is COc1ccc(NC(=O)c2nn(-c3ccc(F)cc3)cc2OCc2ccc(F)cc2)cc1. The average Bonchev–Trinajstić information content (AvgIpc) is 3.24. The van der Waals surface area contributed by atoms with Crippen LogP contribution in [0.25, 0.3) is 5.69 Å². The number of rotatable bonds is 7. The van der Waals surface area contributed by atoms with Gasteiger partial charge in [0.2, 0.25) is 0 Å². The van der Waals surface area contributed by atoms with E-state index >= 15 is 0 Å². The standard InChI is InChI=1S/C24H19F2N3O3/c1-31-21-12-8-19(9-13-21)27-24(30)23-22(32-15-16-2-4-17(25)5-3-16)14-29(28-23)20-10-6-18(26)7-11-20/h2-14H,15H2,1H3,(H,27,30). The van der Waals surface area contributed by atoms with Crippen LogP contribution in [0.15, 0.2) is 79.0 Å². The topological polar surface area (TPSA) is 65.4 Å². The van der Waals surface area contributed by atoms with Crippen molar-refractivity contribution in [1.29, 1.82) is 0 Å². The second-order valence-electron chi connectivity index (χ2n) is 6.86. The van der Waals surface area contributed by atoms with Gasteiger partial charge in [-0.05, 0) is 66.2 Å². The number of nitrogens with one attached hydrogen (secondary N) is 1. The summed E-state index contributed by atoms with van der Waals surface area (Å²) < 4.78 is 38.8. The van der Waals surface area contributed by atoms with Crippen LogP contribution in [0.5, 0.6) is 11.5 Å². The molecular formula is C24H19F2N3O3. The number of carbonyl (C=O) groups excluding carboxylic acids is 1. The van der Waals surface area contributed by atoms with Gasteiger partial charge in [0.1, 0.15) is 24.0 Å². The van der Waals surface area contributed by atoms with Crippen LogP contribution in [0.4, 0.5) is 14.5 Å². The first-order valence-corrected chi connectivity index (χ1v) is 9.70. The van der Waals surface area contributed by atoms with Gasteiger partial charge in [-0.25, -0.2) is 13.5 Å². The molecule has 4 aromatic rings. The molecule has 1 amide bonds. The molecule has 0 saturated carbocycles. The van der Waals surface area contributed by atoms with E-state index in [2.05, 4.69) is 10.4 Å². The van der Waals surface area contributed by atoms with Crippen LogP contribution in [0.2, 0.25) is 0 Å². The highest BCUT2D eigenvalue weighted by Crippen LogP contribution is 2.23. The number of ether oxygens (including phenoxy) is 2. The van der Waals surface area contributed by atoms with Crippen molar-refractivity contribution in [3.63, 3.8) is 0 Å². The molecule has 1 aromatic heterocycles. The predicted molar refractivity (Wildman–Crippen MR) is 115 cm³/mol. The van der Waals surface area contributed by atoms with Crippen LogP contribution in [0.3, 0.4) is 0 Å². The van der Waals surface area contributed by atoms with E-state index in [-0.39, 0.29) is 29.7 Å². The number of hydrogen-bond donors (Lipinski definition) is 1. The second-order valence-corrected chi connectivity index (χ2v) is 6.86. The summed E-state index contributed by atoms with van der Waals surface area (Å²) in [5.41, 5.74) is 1.88. The molecule has 0 saturated heterocycles. The monoisotopic (exact) mass is 435 g/mol. The molecule has 0 fully saturated rings. The van der Waals surface area contributed by atoms with Gasteiger partial charge in [-0.1, -0.05) is 12.1 Å². The van der Waals surface area contributed by atoms with E-state index in [1.54, 1.807) is 49.7 Å². The number of benzene rings is 3. The van der Waals surface area contributed by atoms with Gasteiger partial charge in [0, 0.05) is 5.69 Å². The van der Waals surface area contributed by atoms with Crippen molar-refractivity contribution in [2.45, 2.75) is 6.61 Å². The van der Waals surface area contributed by atoms with E-state index in [0.717, 1.165) is 5.56 Å². The maximum Gasteiger partial charge on any atom is 0.280 e. The molecule has 162 valence electrons. The summed E-state index contributed by atoms with van der Waals surface area (Å²) in [6.45, 7) is 0.109. The third-order valence-electron chi connectivity index (χ3n) is 4.64. The minimum absolute atomic E-state index is 0.0484. The summed E-state index contributed by atoms with van der Waals surface area (Å²) in [7, 11) is 1.56. The Labute approximate surface area is 183 Å². The zero-order valence-corrected chi connectivity index (χ0v) is 17.1. The first-order valence-electron chi connectivity index (χ1n) is 9.70. The number of aromatic nitrogens is 2. The normalized spacial score (nSPS) is 10.6. The van der Waals surface area contributed by atoms with Crippen LogP contribution in [-0.4, -0.2) is 22.8 Å². The summed E-state index contributed by atoms with van der Waals surface area (Å²) in [4.78, 5) is 12.9. The smallest absolute Gasteiger partial charge is 0.280 e. The Morgan fingerprint density at radius 3 is 2.19 bits per heavy atom. The molecule has 0 bridgehead atoms. The van der Waals surface area contributed by atoms with Crippen LogP contribution < -0.4 is 14.8 Å². The Kier molecular flexibility index (Phi) is 6.12. The first kappa shape index (κ1) is 21.0. The van der Waals surface area contributed by atoms with Crippen molar-refractivity contribution < 1.29 is 23.0 Å². The Morgan fingerprint density at radius 2 is 1.56 bits per heavy atom. The number of anilines is 1. The average molecular weight is 435 g/mol. The Morgan fingerprint density at radius 1 is 0.938 bits per heavy atom. The molecule has 6 nitrogen and oxygen atoms in total. The molecule has 0 unspecified atom stereocenters. The molecule has 0 atom stereocenters. The van der Waals surface area contributed by atoms with Crippen molar-refractivity contribution in [3.05, 3.63) is 102 Å². The summed E-state index contributed by atoms with van der Waals surface area (Å²) in [5.74, 6) is -0.328. The maximum atomic E-state index is 13.3. The number of amides is 1. The highest BCUT2D eigenvalue weighted by Gasteiger charge is 2.20. The molecule has 32 heavy (non-hydrogen) atoms. The molecule has 8 heteroatoms. The third-order valence-corrected chi connectivity index (χ3v) is 4.64. The molecular weight excluding hydrogens is 416 g/mol. The van der Waals surface area contributed by atoms with Crippen LogP contribution >= 0.6 is 0 Å². The molecule has 4 rings (SSSR count). The van der Waals surface area contributed by atoms with E-state index < -0.39 is 5.91 Å². The van der Waals surface area contributed by atoms with Gasteiger partial charge < -0.3 is 14.8 Å². The van der Waals surface area contributed by atoms with E-state index in [1.165, 1.54) is 41.1 Å². The number of carbonyl (C=O) groups is 1. The minimum Gasteiger partial charge on any atom is -0.497 e. The highest BCUT2D eigenvalue weighted by atomic mass is 19.1. The zero-order chi connectivity index (χ0) is 22.5. The predicted octanol–water partition coefficient (Wildman–Crippen LogP) is 4.99. The lowest BCUT2D eigenvalue weighted by atomic mass is 10.2. The molecule has 0 aliphatic rings. The quantitative estimate of drug-likeness (QED) is 0.444. The van der Waals surface area contributed by atoms with Gasteiger partial charge in [-0.3, -0.25) is 4.79 Å². The van der Waals surface area contributed by atoms with Crippen LogP contribution in [-0.2, 0) is 6.61 Å². The molecule has 1 heterocycles. The molecule has 0 radical (unpaired) electrons. The summed E-state index contributed by atoms with van der Waals surface area (Å²) in [6, 6.07) is 18.4. The lowest BCUT2D eigenvalue weighted by Crippen LogP contribution is -2.14. The van der Waals surface area contributed by atoms with Gasteiger partial charge in [0.15, 0.2) is 11.4 Å². The van der Waals surface area contributed by atoms with Crippen molar-refractivity contribution in [3.8, 4) is 17.2 Å². The van der Waals surface area contributed by atoms with Crippen molar-refractivity contribution in [1.82, 2.24) is 9.78 Å². The third kappa shape index (κ3) is 4.92. The maximum absolute atomic E-state index is 13.3. The van der Waals surface area contributed by atoms with Gasteiger partial charge in [-0.2, -0.15) is 5.10 Å². The van der Waals surface area contributed by atoms with Gasteiger partial charge >= 0.3 is 0 Å². The van der Waals surface area contributed by atoms with Crippen molar-refractivity contribution in [2.75, 3.05) is 12.4 Å². The molecule has 1 N–H and O–H groups in total. The van der Waals surface area contributed by atoms with E-state index in [1.807, 2.05) is 0 Å². The largest absolute Gasteiger partial charge is 0.497 e. The summed E-state index contributed by atoms with van der Waals surface area (Å²) in [5, 5.41) is 7.11. The van der Waals surface area contributed by atoms with Crippen LogP contribution in [0.1, 0.15) is 16.1 Å². The van der Waals surface area contributed by atoms with E-state index in [4.69, 9.17) is 9.47 Å². The number of nitrogens with zero attached hydrogens (tertiary/aromatic N) is 2. The van der Waals surface area contributed by atoms with Crippen molar-refractivity contribution in [2.24, 2.45) is 0 Å². The van der Waals surface area contributed by atoms with Gasteiger partial charge in [0.25, 0.3) is 5.91 Å². The first-order chi connectivity index (χ1) is 15.5. The van der Waals surface area contributed by atoms with Crippen LogP contribution in [0, 0.1) is 11.6 Å². The number of methoxy groups -OCH3 is 1. The molecule has 3 aromatic carbocycles. The fraction of sp³-hybridized carbons (Fsp3) is 0.0833. The zero-order valence-electron chi connectivity index (χ0n) is 17.1. The summed E-state index contributed by atoms with van der Waals surface area (Å²) >= 11 is 0. The fourth-order valence-electron chi connectivity index (χ4n) is 2.95. The van der Waals surface area contributed by atoms with Gasteiger partial charge in [-0.15, -0.1) is 0 Å². The Hall–Kier alpha value is -4.20. The van der Waals surface area contributed by atoms with Crippen molar-refractivity contribution >= 4 is 11.6 Å². The number of hydrogen-bond acceptors (Lipinski definition) is 4. The van der Waals surface area contributed by atoms with E-state index in [9.17, 15) is 13.6 Å². The lowest BCUT2D eigenvalue weighted by molar-refractivity contribution is 0.101. The lowest BCUT2D eigenvalue weighted by Gasteiger charge is -2.08. The molecule has 0 spiro atoms.